The van der Waals surface area contributed by atoms with E-state index in [1.807, 2.05) is 51.1 Å². The summed E-state index contributed by atoms with van der Waals surface area (Å²) in [5.41, 5.74) is 1.90. The number of aryl methyl sites for hydroxylation is 1. The molecule has 0 saturated carbocycles. The van der Waals surface area contributed by atoms with Gasteiger partial charge >= 0.3 is 0 Å². The molecule has 3 aromatic carbocycles. The van der Waals surface area contributed by atoms with E-state index in [9.17, 15) is 18.0 Å². The Bertz CT molecular complexity index is 1350. The summed E-state index contributed by atoms with van der Waals surface area (Å²) in [6, 6.07) is 21.3. The Morgan fingerprint density at radius 1 is 0.895 bits per heavy atom. The second-order valence-corrected chi connectivity index (χ2v) is 11.9. The van der Waals surface area contributed by atoms with Crippen LogP contribution < -0.4 is 9.62 Å². The maximum Gasteiger partial charge on any atom is 0.264 e. The van der Waals surface area contributed by atoms with Gasteiger partial charge in [-0.2, -0.15) is 0 Å². The maximum atomic E-state index is 13.9. The zero-order valence-corrected chi connectivity index (χ0v) is 23.7. The number of carbonyl (C=O) groups is 2. The van der Waals surface area contributed by atoms with Crippen molar-refractivity contribution in [2.24, 2.45) is 5.92 Å². The van der Waals surface area contributed by atoms with Crippen molar-refractivity contribution >= 4 is 39.1 Å². The Labute approximate surface area is 230 Å². The molecule has 7 nitrogen and oxygen atoms in total. The van der Waals surface area contributed by atoms with Gasteiger partial charge < -0.3 is 10.2 Å². The van der Waals surface area contributed by atoms with Gasteiger partial charge in [-0.15, -0.1) is 0 Å². The van der Waals surface area contributed by atoms with Crippen LogP contribution in [0.5, 0.6) is 0 Å². The van der Waals surface area contributed by atoms with Gasteiger partial charge in [-0.3, -0.25) is 13.9 Å². The number of benzene rings is 3. The molecule has 2 amide bonds. The van der Waals surface area contributed by atoms with Crippen molar-refractivity contribution < 1.29 is 18.0 Å². The van der Waals surface area contributed by atoms with E-state index in [1.165, 1.54) is 17.0 Å². The van der Waals surface area contributed by atoms with Gasteiger partial charge in [0, 0.05) is 13.1 Å². The molecule has 0 aliphatic rings. The Hall–Kier alpha value is -3.36. The molecule has 0 saturated heterocycles. The van der Waals surface area contributed by atoms with E-state index in [2.05, 4.69) is 5.32 Å². The van der Waals surface area contributed by atoms with E-state index in [0.717, 1.165) is 15.4 Å². The number of halogens is 1. The van der Waals surface area contributed by atoms with Crippen LogP contribution in [0.3, 0.4) is 0 Å². The van der Waals surface area contributed by atoms with Crippen molar-refractivity contribution in [2.75, 3.05) is 17.4 Å². The smallest absolute Gasteiger partial charge is 0.264 e. The third-order valence-electron chi connectivity index (χ3n) is 6.06. The predicted molar refractivity (Wildman–Crippen MR) is 151 cm³/mol. The topological polar surface area (TPSA) is 86.8 Å². The lowest BCUT2D eigenvalue weighted by Gasteiger charge is -2.32. The first kappa shape index (κ1) is 29.2. The lowest BCUT2D eigenvalue weighted by Crippen LogP contribution is -2.51. The highest BCUT2D eigenvalue weighted by molar-refractivity contribution is 7.92. The van der Waals surface area contributed by atoms with Crippen LogP contribution in [0.15, 0.2) is 83.8 Å². The monoisotopic (exact) mass is 555 g/mol. The summed E-state index contributed by atoms with van der Waals surface area (Å²) in [6.07, 6.45) is 0. The van der Waals surface area contributed by atoms with Crippen LogP contribution in [0.1, 0.15) is 31.9 Å². The average molecular weight is 556 g/mol. The average Bonchev–Trinajstić information content (AvgIpc) is 2.89. The van der Waals surface area contributed by atoms with Gasteiger partial charge in [0.2, 0.25) is 11.8 Å². The maximum absolute atomic E-state index is 13.9. The van der Waals surface area contributed by atoms with Crippen molar-refractivity contribution in [3.05, 3.63) is 95.0 Å². The summed E-state index contributed by atoms with van der Waals surface area (Å²) in [5, 5.41) is 3.06. The number of nitrogens with one attached hydrogen (secondary N) is 1. The standard InChI is InChI=1S/C29H34ClN3O4S/c1-21(2)18-31-29(35)23(4)32(19-24-10-6-5-7-11-24)28(34)20-33(27-13-9-8-12-26(27)30)38(36,37)25-16-14-22(3)15-17-25/h5-17,21,23H,18-20H2,1-4H3,(H,31,35)/t23-/m1/s1. The van der Waals surface area contributed by atoms with E-state index in [0.29, 0.717) is 6.54 Å². The zero-order valence-electron chi connectivity index (χ0n) is 22.1. The highest BCUT2D eigenvalue weighted by atomic mass is 35.5. The highest BCUT2D eigenvalue weighted by Crippen LogP contribution is 2.30. The molecule has 0 unspecified atom stereocenters. The second-order valence-electron chi connectivity index (χ2n) is 9.60. The number of sulfonamides is 1. The van der Waals surface area contributed by atoms with Gasteiger partial charge in [0.1, 0.15) is 12.6 Å². The fourth-order valence-corrected chi connectivity index (χ4v) is 5.54. The number of rotatable bonds is 11. The summed E-state index contributed by atoms with van der Waals surface area (Å²) in [6.45, 7) is 7.53. The molecule has 0 aromatic heterocycles. The molecular weight excluding hydrogens is 522 g/mol. The number of amides is 2. The van der Waals surface area contributed by atoms with Crippen LogP contribution in [-0.4, -0.2) is 44.3 Å². The molecule has 3 rings (SSSR count). The third kappa shape index (κ3) is 7.36. The largest absolute Gasteiger partial charge is 0.354 e. The van der Waals surface area contributed by atoms with E-state index in [-0.39, 0.29) is 34.0 Å². The van der Waals surface area contributed by atoms with Crippen molar-refractivity contribution in [2.45, 2.75) is 45.2 Å². The summed E-state index contributed by atoms with van der Waals surface area (Å²) in [4.78, 5) is 28.3. The minimum atomic E-state index is -4.16. The van der Waals surface area contributed by atoms with E-state index >= 15 is 0 Å². The number of nitrogens with zero attached hydrogens (tertiary/aromatic N) is 2. The van der Waals surface area contributed by atoms with Gasteiger partial charge in [0.25, 0.3) is 10.0 Å². The van der Waals surface area contributed by atoms with Crippen LogP contribution in [-0.2, 0) is 26.2 Å². The van der Waals surface area contributed by atoms with Crippen LogP contribution in [0.25, 0.3) is 0 Å². The van der Waals surface area contributed by atoms with Gasteiger partial charge in [-0.1, -0.05) is 85.6 Å². The minimum absolute atomic E-state index is 0.0353. The summed E-state index contributed by atoms with van der Waals surface area (Å²) >= 11 is 6.42. The molecule has 9 heteroatoms. The molecule has 1 atom stereocenters. The van der Waals surface area contributed by atoms with E-state index in [1.54, 1.807) is 43.3 Å². The van der Waals surface area contributed by atoms with Crippen LogP contribution >= 0.6 is 11.6 Å². The van der Waals surface area contributed by atoms with Crippen molar-refractivity contribution in [1.29, 1.82) is 0 Å². The molecule has 0 radical (unpaired) electrons. The van der Waals surface area contributed by atoms with Crippen LogP contribution in [0.2, 0.25) is 5.02 Å². The third-order valence-corrected chi connectivity index (χ3v) is 8.15. The van der Waals surface area contributed by atoms with Gasteiger partial charge in [-0.05, 0) is 49.6 Å². The molecule has 0 fully saturated rings. The molecule has 0 aliphatic carbocycles. The first-order valence-electron chi connectivity index (χ1n) is 12.5. The first-order chi connectivity index (χ1) is 18.0. The highest BCUT2D eigenvalue weighted by Gasteiger charge is 2.33. The number of hydrogen-bond acceptors (Lipinski definition) is 4. The number of anilines is 1. The van der Waals surface area contributed by atoms with Crippen molar-refractivity contribution in [3.8, 4) is 0 Å². The van der Waals surface area contributed by atoms with E-state index < -0.39 is 28.5 Å². The lowest BCUT2D eigenvalue weighted by atomic mass is 10.1. The number of para-hydroxylation sites is 1. The molecule has 38 heavy (non-hydrogen) atoms. The Balaban J connectivity index is 2.01. The molecular formula is C29H34ClN3O4S. The second kappa shape index (κ2) is 12.9. The zero-order chi connectivity index (χ0) is 27.9. The fraction of sp³-hybridized carbons (Fsp3) is 0.310. The fourth-order valence-electron chi connectivity index (χ4n) is 3.82. The van der Waals surface area contributed by atoms with Crippen molar-refractivity contribution in [1.82, 2.24) is 10.2 Å². The van der Waals surface area contributed by atoms with Gasteiger partial charge in [0.05, 0.1) is 15.6 Å². The molecule has 0 heterocycles. The summed E-state index contributed by atoms with van der Waals surface area (Å²) in [5.74, 6) is -0.606. The quantitative estimate of drug-likeness (QED) is 0.359. The SMILES string of the molecule is Cc1ccc(S(=O)(=O)N(CC(=O)N(Cc2ccccc2)[C@H](C)C(=O)NCC(C)C)c2ccccc2Cl)cc1. The number of hydrogen-bond donors (Lipinski definition) is 1. The molecule has 3 aromatic rings. The Kier molecular flexibility index (Phi) is 9.94. The normalized spacial score (nSPS) is 12.2. The number of carbonyl (C=O) groups excluding carboxylic acids is 2. The summed E-state index contributed by atoms with van der Waals surface area (Å²) in [7, 11) is -4.16. The Morgan fingerprint density at radius 2 is 1.50 bits per heavy atom. The minimum Gasteiger partial charge on any atom is -0.354 e. The van der Waals surface area contributed by atoms with Gasteiger partial charge in [-0.25, -0.2) is 8.42 Å². The molecule has 0 bridgehead atoms. The molecule has 1 N–H and O–H groups in total. The first-order valence-corrected chi connectivity index (χ1v) is 14.3. The molecule has 202 valence electrons. The van der Waals surface area contributed by atoms with Crippen LogP contribution in [0, 0.1) is 12.8 Å². The van der Waals surface area contributed by atoms with Crippen LogP contribution in [0.4, 0.5) is 5.69 Å². The summed E-state index contributed by atoms with van der Waals surface area (Å²) < 4.78 is 28.6. The van der Waals surface area contributed by atoms with Crippen molar-refractivity contribution in [3.63, 3.8) is 0 Å². The van der Waals surface area contributed by atoms with E-state index in [4.69, 9.17) is 11.6 Å². The lowest BCUT2D eigenvalue weighted by molar-refractivity contribution is -0.139. The van der Waals surface area contributed by atoms with Gasteiger partial charge in [0.15, 0.2) is 0 Å². The molecule has 0 spiro atoms. The molecule has 0 aliphatic heterocycles. The Morgan fingerprint density at radius 3 is 2.11 bits per heavy atom. The predicted octanol–water partition coefficient (Wildman–Crippen LogP) is 5.03.